The average Bonchev–Trinajstić information content (AvgIpc) is 2.08. The summed E-state index contributed by atoms with van der Waals surface area (Å²) in [6.07, 6.45) is 0. The fraction of sp³-hybridized carbons (Fsp3) is 0.875. The topological polar surface area (TPSA) is 46.3 Å². The number of nitrogens with zero attached hydrogens (tertiary/aromatic N) is 1. The van der Waals surface area contributed by atoms with Gasteiger partial charge in [0.2, 0.25) is 5.91 Å². The Morgan fingerprint density at radius 2 is 2.18 bits per heavy atom. The quantitative estimate of drug-likeness (QED) is 0.544. The summed E-state index contributed by atoms with van der Waals surface area (Å²) in [7, 11) is 0. The molecule has 0 radical (unpaired) electrons. The second-order valence-corrected chi connectivity index (χ2v) is 3.99. The molecule has 0 aromatic rings. The van der Waals surface area contributed by atoms with Crippen molar-refractivity contribution in [3.8, 4) is 0 Å². The van der Waals surface area contributed by atoms with E-state index in [1.165, 1.54) is 0 Å². The van der Waals surface area contributed by atoms with Gasteiger partial charge in [0, 0.05) is 26.1 Å². The molecular formula is C8H16N2O. The molecule has 1 aliphatic rings. The molecule has 3 heteroatoms. The predicted molar refractivity (Wildman–Crippen MR) is 44.0 cm³/mol. The molecule has 0 aliphatic carbocycles. The second kappa shape index (κ2) is 2.48. The first-order valence-corrected chi connectivity index (χ1v) is 3.94. The Hall–Kier alpha value is -0.570. The Labute approximate surface area is 67.5 Å². The maximum absolute atomic E-state index is 10.9. The molecule has 0 aromatic heterocycles. The van der Waals surface area contributed by atoms with Crippen molar-refractivity contribution < 1.29 is 4.79 Å². The lowest BCUT2D eigenvalue weighted by molar-refractivity contribution is -0.128. The van der Waals surface area contributed by atoms with E-state index in [1.807, 2.05) is 4.90 Å². The number of hydrogen-bond donors (Lipinski definition) is 1. The maximum Gasteiger partial charge on any atom is 0.219 e. The van der Waals surface area contributed by atoms with Crippen LogP contribution in [0.4, 0.5) is 0 Å². The van der Waals surface area contributed by atoms with Crippen LogP contribution in [-0.4, -0.2) is 29.9 Å². The molecule has 0 saturated carbocycles. The van der Waals surface area contributed by atoms with Gasteiger partial charge in [0.25, 0.3) is 0 Å². The highest BCUT2D eigenvalue weighted by molar-refractivity contribution is 5.73. The van der Waals surface area contributed by atoms with Crippen LogP contribution in [0, 0.1) is 5.41 Å². The molecule has 0 aromatic carbocycles. The molecule has 1 amide bonds. The zero-order valence-electron chi connectivity index (χ0n) is 7.42. The minimum atomic E-state index is 0.0890. The molecule has 0 bridgehead atoms. The van der Waals surface area contributed by atoms with Crippen LogP contribution in [-0.2, 0) is 4.79 Å². The predicted octanol–water partition coefficient (Wildman–Crippen LogP) is 0.202. The standard InChI is InChI=1S/C8H16N2O/c1-6(11)10-4-7(9)8(2,3)5-10/h7H,4-5,9H2,1-3H3. The Balaban J connectivity index is 2.64. The lowest BCUT2D eigenvalue weighted by Crippen LogP contribution is -2.35. The summed E-state index contributed by atoms with van der Waals surface area (Å²) in [4.78, 5) is 12.8. The van der Waals surface area contributed by atoms with E-state index in [0.717, 1.165) is 6.54 Å². The Morgan fingerprint density at radius 1 is 1.64 bits per heavy atom. The van der Waals surface area contributed by atoms with E-state index < -0.39 is 0 Å². The number of amides is 1. The van der Waals surface area contributed by atoms with Gasteiger partial charge in [-0.15, -0.1) is 0 Å². The molecule has 1 fully saturated rings. The summed E-state index contributed by atoms with van der Waals surface area (Å²) < 4.78 is 0. The van der Waals surface area contributed by atoms with Crippen molar-refractivity contribution in [2.24, 2.45) is 11.1 Å². The SMILES string of the molecule is CC(=O)N1CC(N)C(C)(C)C1. The van der Waals surface area contributed by atoms with Crippen molar-refractivity contribution in [1.29, 1.82) is 0 Å². The Kier molecular flexibility index (Phi) is 1.92. The highest BCUT2D eigenvalue weighted by Crippen LogP contribution is 2.27. The van der Waals surface area contributed by atoms with Gasteiger partial charge >= 0.3 is 0 Å². The monoisotopic (exact) mass is 156 g/mol. The lowest BCUT2D eigenvalue weighted by Gasteiger charge is -2.21. The fourth-order valence-electron chi connectivity index (χ4n) is 1.40. The van der Waals surface area contributed by atoms with Gasteiger partial charge in [-0.05, 0) is 5.41 Å². The summed E-state index contributed by atoms with van der Waals surface area (Å²) in [5, 5.41) is 0. The van der Waals surface area contributed by atoms with Gasteiger partial charge in [-0.3, -0.25) is 4.79 Å². The number of hydrogen-bond acceptors (Lipinski definition) is 2. The fourth-order valence-corrected chi connectivity index (χ4v) is 1.40. The van der Waals surface area contributed by atoms with Crippen LogP contribution in [0.2, 0.25) is 0 Å². The van der Waals surface area contributed by atoms with Crippen LogP contribution in [0.15, 0.2) is 0 Å². The molecule has 1 atom stereocenters. The molecule has 11 heavy (non-hydrogen) atoms. The van der Waals surface area contributed by atoms with Crippen molar-refractivity contribution in [3.63, 3.8) is 0 Å². The minimum absolute atomic E-state index is 0.0890. The molecular weight excluding hydrogens is 140 g/mol. The van der Waals surface area contributed by atoms with Crippen LogP contribution in [0.1, 0.15) is 20.8 Å². The van der Waals surface area contributed by atoms with Gasteiger partial charge in [0.05, 0.1) is 0 Å². The van der Waals surface area contributed by atoms with Crippen LogP contribution >= 0.6 is 0 Å². The zero-order valence-corrected chi connectivity index (χ0v) is 7.42. The van der Waals surface area contributed by atoms with Crippen molar-refractivity contribution in [3.05, 3.63) is 0 Å². The van der Waals surface area contributed by atoms with E-state index in [1.54, 1.807) is 6.92 Å². The van der Waals surface area contributed by atoms with E-state index in [4.69, 9.17) is 5.73 Å². The van der Waals surface area contributed by atoms with Crippen molar-refractivity contribution in [2.45, 2.75) is 26.8 Å². The Morgan fingerprint density at radius 3 is 2.36 bits per heavy atom. The molecule has 2 N–H and O–H groups in total. The third kappa shape index (κ3) is 1.53. The molecule has 1 unspecified atom stereocenters. The molecule has 1 aliphatic heterocycles. The molecule has 3 nitrogen and oxygen atoms in total. The first-order chi connectivity index (χ1) is 4.93. The number of carbonyl (C=O) groups is 1. The third-order valence-corrected chi connectivity index (χ3v) is 2.46. The van der Waals surface area contributed by atoms with E-state index in [2.05, 4.69) is 13.8 Å². The maximum atomic E-state index is 10.9. The summed E-state index contributed by atoms with van der Waals surface area (Å²) in [5.74, 6) is 0.131. The number of likely N-dealkylation sites (tertiary alicyclic amines) is 1. The first-order valence-electron chi connectivity index (χ1n) is 3.94. The van der Waals surface area contributed by atoms with E-state index >= 15 is 0 Å². The molecule has 1 saturated heterocycles. The van der Waals surface area contributed by atoms with Gasteiger partial charge < -0.3 is 10.6 Å². The molecule has 64 valence electrons. The number of rotatable bonds is 0. The smallest absolute Gasteiger partial charge is 0.219 e. The van der Waals surface area contributed by atoms with E-state index in [9.17, 15) is 4.79 Å². The highest BCUT2D eigenvalue weighted by atomic mass is 16.2. The van der Waals surface area contributed by atoms with Gasteiger partial charge in [0.15, 0.2) is 0 Å². The largest absolute Gasteiger partial charge is 0.341 e. The molecule has 0 spiro atoms. The van der Waals surface area contributed by atoms with Crippen LogP contribution in [0.3, 0.4) is 0 Å². The average molecular weight is 156 g/mol. The van der Waals surface area contributed by atoms with Gasteiger partial charge in [0.1, 0.15) is 0 Å². The first kappa shape index (κ1) is 8.53. The lowest BCUT2D eigenvalue weighted by atomic mass is 9.89. The summed E-state index contributed by atoms with van der Waals surface area (Å²) in [5.41, 5.74) is 5.94. The zero-order chi connectivity index (χ0) is 8.65. The van der Waals surface area contributed by atoms with E-state index in [-0.39, 0.29) is 17.4 Å². The minimum Gasteiger partial charge on any atom is -0.341 e. The summed E-state index contributed by atoms with van der Waals surface area (Å²) in [6.45, 7) is 7.29. The third-order valence-electron chi connectivity index (χ3n) is 2.46. The van der Waals surface area contributed by atoms with Gasteiger partial charge in [-0.25, -0.2) is 0 Å². The summed E-state index contributed by atoms with van der Waals surface area (Å²) in [6, 6.07) is 0.131. The van der Waals surface area contributed by atoms with Crippen LogP contribution in [0.5, 0.6) is 0 Å². The normalized spacial score (nSPS) is 29.1. The Bertz CT molecular complexity index is 177. The van der Waals surface area contributed by atoms with Crippen LogP contribution < -0.4 is 5.73 Å². The summed E-state index contributed by atoms with van der Waals surface area (Å²) >= 11 is 0. The van der Waals surface area contributed by atoms with Crippen LogP contribution in [0.25, 0.3) is 0 Å². The molecule has 1 heterocycles. The van der Waals surface area contributed by atoms with Crippen molar-refractivity contribution in [2.75, 3.05) is 13.1 Å². The van der Waals surface area contributed by atoms with Gasteiger partial charge in [-0.2, -0.15) is 0 Å². The van der Waals surface area contributed by atoms with E-state index in [0.29, 0.717) is 6.54 Å². The highest BCUT2D eigenvalue weighted by Gasteiger charge is 2.37. The van der Waals surface area contributed by atoms with Gasteiger partial charge in [-0.1, -0.05) is 13.8 Å². The number of nitrogens with two attached hydrogens (primary N) is 1. The number of carbonyl (C=O) groups excluding carboxylic acids is 1. The van der Waals surface area contributed by atoms with Crippen molar-refractivity contribution >= 4 is 5.91 Å². The second-order valence-electron chi connectivity index (χ2n) is 3.99. The van der Waals surface area contributed by atoms with Crippen molar-refractivity contribution in [1.82, 2.24) is 4.90 Å². The molecule has 1 rings (SSSR count).